The molecule has 1 aromatic carbocycles. The summed E-state index contributed by atoms with van der Waals surface area (Å²) in [5.41, 5.74) is 3.71. The second-order valence-corrected chi connectivity index (χ2v) is 6.62. The van der Waals surface area contributed by atoms with E-state index in [9.17, 15) is 9.59 Å². The van der Waals surface area contributed by atoms with Crippen molar-refractivity contribution in [2.45, 2.75) is 19.9 Å². The van der Waals surface area contributed by atoms with Crippen molar-refractivity contribution < 1.29 is 9.59 Å². The van der Waals surface area contributed by atoms with Gasteiger partial charge in [-0.1, -0.05) is 0 Å². The Morgan fingerprint density at radius 2 is 1.91 bits per heavy atom. The van der Waals surface area contributed by atoms with Gasteiger partial charge in [-0.25, -0.2) is 4.98 Å². The lowest BCUT2D eigenvalue weighted by Gasteiger charge is -2.35. The average Bonchev–Trinajstić information content (AvgIpc) is 3.01. The van der Waals surface area contributed by atoms with Crippen molar-refractivity contribution in [2.24, 2.45) is 0 Å². The summed E-state index contributed by atoms with van der Waals surface area (Å²) in [7, 11) is 0. The van der Waals surface area contributed by atoms with Crippen molar-refractivity contribution in [2.75, 3.05) is 31.5 Å². The first kappa shape index (κ1) is 15.7. The molecule has 1 aliphatic rings. The van der Waals surface area contributed by atoms with Crippen molar-refractivity contribution in [3.8, 4) is 0 Å². The van der Waals surface area contributed by atoms with Crippen LogP contribution in [0.3, 0.4) is 0 Å². The Hall–Kier alpha value is -2.15. The molecular weight excluding hydrogens is 312 g/mol. The molecule has 1 saturated heterocycles. The number of nitrogens with one attached hydrogen (secondary N) is 1. The molecule has 0 spiro atoms. The van der Waals surface area contributed by atoms with E-state index in [1.165, 1.54) is 0 Å². The van der Waals surface area contributed by atoms with E-state index in [-0.39, 0.29) is 17.9 Å². The molecule has 1 fully saturated rings. The zero-order chi connectivity index (χ0) is 16.4. The largest absolute Gasteiger partial charge is 0.374 e. The van der Waals surface area contributed by atoms with Crippen LogP contribution >= 0.6 is 11.3 Å². The molecule has 0 unspecified atom stereocenters. The Balaban J connectivity index is 1.60. The van der Waals surface area contributed by atoms with E-state index in [1.54, 1.807) is 23.2 Å². The number of benzene rings is 1. The first-order chi connectivity index (χ1) is 11.0. The maximum absolute atomic E-state index is 12.5. The lowest BCUT2D eigenvalue weighted by molar-refractivity contribution is -0.138. The summed E-state index contributed by atoms with van der Waals surface area (Å²) < 4.78 is 1.10. The molecule has 1 aliphatic heterocycles. The number of thiazole rings is 1. The summed E-state index contributed by atoms with van der Waals surface area (Å²) in [5, 5.41) is 3.26. The molecule has 0 radical (unpaired) electrons. The molecule has 7 heteroatoms. The highest BCUT2D eigenvalue weighted by molar-refractivity contribution is 7.16. The molecule has 2 amide bonds. The SMILES string of the molecule is CC(=O)N1CCN(C(=O)[C@@H](C)Nc2ccc3ncsc3c2)CC1. The Labute approximate surface area is 139 Å². The molecule has 23 heavy (non-hydrogen) atoms. The van der Waals surface area contributed by atoms with Gasteiger partial charge in [-0.2, -0.15) is 0 Å². The first-order valence-electron chi connectivity index (χ1n) is 7.68. The number of fused-ring (bicyclic) bond motifs is 1. The van der Waals surface area contributed by atoms with Gasteiger partial charge >= 0.3 is 0 Å². The smallest absolute Gasteiger partial charge is 0.244 e. The fraction of sp³-hybridized carbons (Fsp3) is 0.438. The van der Waals surface area contributed by atoms with Gasteiger partial charge in [0.25, 0.3) is 0 Å². The number of nitrogens with zero attached hydrogens (tertiary/aromatic N) is 3. The molecule has 6 nitrogen and oxygen atoms in total. The van der Waals surface area contributed by atoms with Crippen molar-refractivity contribution in [3.05, 3.63) is 23.7 Å². The van der Waals surface area contributed by atoms with E-state index in [0.717, 1.165) is 15.9 Å². The number of carbonyl (C=O) groups excluding carboxylic acids is 2. The lowest BCUT2D eigenvalue weighted by atomic mass is 10.2. The van der Waals surface area contributed by atoms with Gasteiger partial charge < -0.3 is 15.1 Å². The van der Waals surface area contributed by atoms with Crippen molar-refractivity contribution in [3.63, 3.8) is 0 Å². The number of amides is 2. The molecule has 2 aromatic rings. The van der Waals surface area contributed by atoms with E-state index in [2.05, 4.69) is 10.3 Å². The average molecular weight is 332 g/mol. The quantitative estimate of drug-likeness (QED) is 0.931. The maximum atomic E-state index is 12.5. The van der Waals surface area contributed by atoms with Gasteiger partial charge in [-0.05, 0) is 25.1 Å². The maximum Gasteiger partial charge on any atom is 0.244 e. The van der Waals surface area contributed by atoms with Crippen LogP contribution in [0, 0.1) is 0 Å². The number of aromatic nitrogens is 1. The van der Waals surface area contributed by atoms with Crippen LogP contribution in [-0.4, -0.2) is 58.8 Å². The summed E-state index contributed by atoms with van der Waals surface area (Å²) in [6.45, 7) is 5.85. The minimum absolute atomic E-state index is 0.0672. The van der Waals surface area contributed by atoms with E-state index in [4.69, 9.17) is 0 Å². The minimum atomic E-state index is -0.302. The fourth-order valence-electron chi connectivity index (χ4n) is 2.77. The number of anilines is 1. The van der Waals surface area contributed by atoms with Gasteiger partial charge in [0.2, 0.25) is 11.8 Å². The second-order valence-electron chi connectivity index (χ2n) is 5.73. The Morgan fingerprint density at radius 1 is 1.22 bits per heavy atom. The van der Waals surface area contributed by atoms with E-state index < -0.39 is 0 Å². The number of hydrogen-bond acceptors (Lipinski definition) is 5. The highest BCUT2D eigenvalue weighted by atomic mass is 32.1. The Kier molecular flexibility index (Phi) is 4.47. The first-order valence-corrected chi connectivity index (χ1v) is 8.56. The molecule has 3 rings (SSSR count). The van der Waals surface area contributed by atoms with E-state index in [0.29, 0.717) is 26.2 Å². The van der Waals surface area contributed by atoms with Gasteiger partial charge in [0.05, 0.1) is 15.7 Å². The molecular formula is C16H20N4O2S. The Bertz CT molecular complexity index is 722. The van der Waals surface area contributed by atoms with Crippen LogP contribution in [0.15, 0.2) is 23.7 Å². The number of carbonyl (C=O) groups is 2. The summed E-state index contributed by atoms with van der Waals surface area (Å²) >= 11 is 1.58. The standard InChI is InChI=1S/C16H20N4O2S/c1-11(16(22)20-7-5-19(6-8-20)12(2)21)18-13-3-4-14-15(9-13)23-10-17-14/h3-4,9-11,18H,5-8H2,1-2H3/t11-/m1/s1. The van der Waals surface area contributed by atoms with E-state index in [1.807, 2.05) is 35.5 Å². The second kappa shape index (κ2) is 6.54. The van der Waals surface area contributed by atoms with Crippen LogP contribution in [0.2, 0.25) is 0 Å². The Morgan fingerprint density at radius 3 is 2.61 bits per heavy atom. The van der Waals surface area contributed by atoms with Crippen molar-refractivity contribution in [1.29, 1.82) is 0 Å². The van der Waals surface area contributed by atoms with Crippen LogP contribution in [0.4, 0.5) is 5.69 Å². The molecule has 1 atom stereocenters. The summed E-state index contributed by atoms with van der Waals surface area (Å²) in [6, 6.07) is 5.62. The number of rotatable bonds is 3. The molecule has 0 bridgehead atoms. The molecule has 1 aromatic heterocycles. The van der Waals surface area contributed by atoms with Gasteiger partial charge in [-0.3, -0.25) is 9.59 Å². The number of piperazine rings is 1. The van der Waals surface area contributed by atoms with Crippen molar-refractivity contribution in [1.82, 2.24) is 14.8 Å². The van der Waals surface area contributed by atoms with Crippen molar-refractivity contribution >= 4 is 39.1 Å². The zero-order valence-corrected chi connectivity index (χ0v) is 14.1. The molecule has 0 aliphatic carbocycles. The third kappa shape index (κ3) is 3.44. The fourth-order valence-corrected chi connectivity index (χ4v) is 3.49. The van der Waals surface area contributed by atoms with E-state index >= 15 is 0 Å². The topological polar surface area (TPSA) is 65.5 Å². The van der Waals surface area contributed by atoms with Gasteiger partial charge in [0.15, 0.2) is 0 Å². The van der Waals surface area contributed by atoms with Gasteiger partial charge in [-0.15, -0.1) is 11.3 Å². The molecule has 122 valence electrons. The summed E-state index contributed by atoms with van der Waals surface area (Å²) in [4.78, 5) is 31.7. The van der Waals surface area contributed by atoms with Crippen LogP contribution in [-0.2, 0) is 9.59 Å². The monoisotopic (exact) mass is 332 g/mol. The minimum Gasteiger partial charge on any atom is -0.374 e. The highest BCUT2D eigenvalue weighted by Crippen LogP contribution is 2.22. The third-order valence-corrected chi connectivity index (χ3v) is 4.91. The predicted molar refractivity (Wildman–Crippen MR) is 91.5 cm³/mol. The molecule has 0 saturated carbocycles. The normalized spacial score (nSPS) is 16.4. The summed E-state index contributed by atoms with van der Waals surface area (Å²) in [6.07, 6.45) is 0. The lowest BCUT2D eigenvalue weighted by Crippen LogP contribution is -2.53. The third-order valence-electron chi connectivity index (χ3n) is 4.12. The van der Waals surface area contributed by atoms with Crippen LogP contribution in [0.1, 0.15) is 13.8 Å². The predicted octanol–water partition coefficient (Wildman–Crippen LogP) is 1.79. The molecule has 2 heterocycles. The zero-order valence-electron chi connectivity index (χ0n) is 13.3. The summed E-state index contributed by atoms with van der Waals surface area (Å²) in [5.74, 6) is 0.138. The number of hydrogen-bond donors (Lipinski definition) is 1. The molecule has 1 N–H and O–H groups in total. The van der Waals surface area contributed by atoms with Crippen LogP contribution in [0.25, 0.3) is 10.2 Å². The van der Waals surface area contributed by atoms with Crippen LogP contribution in [0.5, 0.6) is 0 Å². The highest BCUT2D eigenvalue weighted by Gasteiger charge is 2.25. The van der Waals surface area contributed by atoms with Gasteiger partial charge in [0, 0.05) is 38.8 Å². The van der Waals surface area contributed by atoms with Gasteiger partial charge in [0.1, 0.15) is 6.04 Å². The van der Waals surface area contributed by atoms with Crippen LogP contribution < -0.4 is 5.32 Å².